The second kappa shape index (κ2) is 14.0. The molecule has 2 aromatic heterocycles. The van der Waals surface area contributed by atoms with Gasteiger partial charge in [-0.3, -0.25) is 9.59 Å². The normalized spacial score (nSPS) is 14.6. The van der Waals surface area contributed by atoms with Crippen LogP contribution in [0.1, 0.15) is 67.0 Å². The van der Waals surface area contributed by atoms with Gasteiger partial charge < -0.3 is 19.8 Å². The number of carbonyl (C=O) groups excluding carboxylic acids is 3. The summed E-state index contributed by atoms with van der Waals surface area (Å²) in [6.45, 7) is 2.03. The van der Waals surface area contributed by atoms with Crippen LogP contribution in [0.5, 0.6) is 0 Å². The number of fused-ring (bicyclic) bond motifs is 1. The molecule has 2 heterocycles. The van der Waals surface area contributed by atoms with Crippen molar-refractivity contribution in [2.24, 2.45) is 0 Å². The highest BCUT2D eigenvalue weighted by molar-refractivity contribution is 8.00. The lowest BCUT2D eigenvalue weighted by molar-refractivity contribution is -0.115. The zero-order chi connectivity index (χ0) is 31.2. The van der Waals surface area contributed by atoms with Crippen LogP contribution in [0.3, 0.4) is 0 Å². The predicted molar refractivity (Wildman–Crippen MR) is 178 cm³/mol. The number of nitrogens with one attached hydrogen (secondary N) is 2. The molecule has 5 aromatic rings. The van der Waals surface area contributed by atoms with Crippen LogP contribution in [0.4, 0.5) is 10.7 Å². The van der Waals surface area contributed by atoms with E-state index in [4.69, 9.17) is 9.15 Å². The Hall–Kier alpha value is -4.60. The van der Waals surface area contributed by atoms with E-state index in [0.717, 1.165) is 40.2 Å². The van der Waals surface area contributed by atoms with Crippen molar-refractivity contribution in [3.05, 3.63) is 136 Å². The summed E-state index contributed by atoms with van der Waals surface area (Å²) in [6, 6.07) is 30.5. The number of furan rings is 1. The fraction of sp³-hybridized carbons (Fsp3) is 0.194. The maximum absolute atomic E-state index is 14.1. The summed E-state index contributed by atoms with van der Waals surface area (Å²) in [5.41, 5.74) is 4.12. The number of thiophene rings is 1. The summed E-state index contributed by atoms with van der Waals surface area (Å²) < 4.78 is 10.7. The zero-order valence-corrected chi connectivity index (χ0v) is 26.3. The second-order valence-electron chi connectivity index (χ2n) is 10.6. The molecule has 45 heavy (non-hydrogen) atoms. The molecular weight excluding hydrogens is 605 g/mol. The van der Waals surface area contributed by atoms with Crippen molar-refractivity contribution in [2.45, 2.75) is 42.2 Å². The number of thioether (sulfide) groups is 1. The van der Waals surface area contributed by atoms with Gasteiger partial charge in [0.1, 0.15) is 10.3 Å². The van der Waals surface area contributed by atoms with E-state index in [0.29, 0.717) is 22.2 Å². The average Bonchev–Trinajstić information content (AvgIpc) is 3.73. The number of rotatable bonds is 10. The Labute approximate surface area is 270 Å². The summed E-state index contributed by atoms with van der Waals surface area (Å²) in [5.74, 6) is -0.459. The molecule has 0 radical (unpaired) electrons. The monoisotopic (exact) mass is 636 g/mol. The molecule has 9 heteroatoms. The maximum Gasteiger partial charge on any atom is 0.341 e. The first-order valence-corrected chi connectivity index (χ1v) is 16.5. The molecule has 2 atom stereocenters. The van der Waals surface area contributed by atoms with Gasteiger partial charge in [0.05, 0.1) is 18.4 Å². The minimum atomic E-state index is -0.631. The summed E-state index contributed by atoms with van der Waals surface area (Å²) in [7, 11) is 0. The van der Waals surface area contributed by atoms with Gasteiger partial charge in [-0.25, -0.2) is 4.79 Å². The van der Waals surface area contributed by atoms with E-state index < -0.39 is 11.2 Å². The van der Waals surface area contributed by atoms with Crippen molar-refractivity contribution in [3.8, 4) is 0 Å². The first-order chi connectivity index (χ1) is 22.0. The maximum atomic E-state index is 14.1. The number of hydrogen-bond donors (Lipinski definition) is 2. The van der Waals surface area contributed by atoms with E-state index >= 15 is 0 Å². The quantitative estimate of drug-likeness (QED) is 0.118. The van der Waals surface area contributed by atoms with Crippen LogP contribution in [-0.2, 0) is 22.4 Å². The van der Waals surface area contributed by atoms with Gasteiger partial charge in [-0.15, -0.1) is 23.1 Å². The molecule has 6 rings (SSSR count). The smallest absolute Gasteiger partial charge is 0.341 e. The first kappa shape index (κ1) is 30.4. The molecular formula is C36H32N2O5S2. The standard InChI is InChI=1S/C36H32N2O5S2/c1-2-42-36(41)31-28-19-18-25(23-11-5-3-6-12-23)21-30(28)45-35(31)38-34(40)32(24-13-7-4-8-14-24)44-27-16-9-15-26(22-27)37-33(39)29-17-10-20-43-29/h3-17,20,22,25,32H,2,18-19,21H2,1H3,(H,37,39)(H,38,40). The Kier molecular flexibility index (Phi) is 9.47. The largest absolute Gasteiger partial charge is 0.462 e. The van der Waals surface area contributed by atoms with Crippen LogP contribution < -0.4 is 10.6 Å². The van der Waals surface area contributed by atoms with Crippen molar-refractivity contribution >= 4 is 51.6 Å². The third-order valence-electron chi connectivity index (χ3n) is 7.68. The number of carbonyl (C=O) groups is 3. The average molecular weight is 637 g/mol. The number of esters is 1. The molecule has 2 amide bonds. The number of anilines is 2. The van der Waals surface area contributed by atoms with Gasteiger partial charge in [0, 0.05) is 15.5 Å². The molecule has 7 nitrogen and oxygen atoms in total. The lowest BCUT2D eigenvalue weighted by atomic mass is 9.83. The van der Waals surface area contributed by atoms with Gasteiger partial charge in [-0.2, -0.15) is 0 Å². The summed E-state index contributed by atoms with van der Waals surface area (Å²) in [4.78, 5) is 41.8. The predicted octanol–water partition coefficient (Wildman–Crippen LogP) is 8.51. The number of amides is 2. The highest BCUT2D eigenvalue weighted by Crippen LogP contribution is 2.44. The molecule has 0 bridgehead atoms. The van der Waals surface area contributed by atoms with Crippen LogP contribution in [0.25, 0.3) is 0 Å². The highest BCUT2D eigenvalue weighted by atomic mass is 32.2. The van der Waals surface area contributed by atoms with Crippen molar-refractivity contribution in [3.63, 3.8) is 0 Å². The summed E-state index contributed by atoms with van der Waals surface area (Å²) >= 11 is 2.84. The van der Waals surface area contributed by atoms with E-state index in [1.165, 1.54) is 34.9 Å². The molecule has 0 saturated carbocycles. The molecule has 3 aromatic carbocycles. The minimum Gasteiger partial charge on any atom is -0.462 e. The van der Waals surface area contributed by atoms with Gasteiger partial charge in [-0.1, -0.05) is 66.7 Å². The first-order valence-electron chi connectivity index (χ1n) is 14.8. The number of benzene rings is 3. The Morgan fingerprint density at radius 2 is 1.73 bits per heavy atom. The van der Waals surface area contributed by atoms with E-state index in [1.54, 1.807) is 25.1 Å². The van der Waals surface area contributed by atoms with Crippen molar-refractivity contribution < 1.29 is 23.5 Å². The van der Waals surface area contributed by atoms with Crippen LogP contribution in [0, 0.1) is 0 Å². The number of ether oxygens (including phenoxy) is 1. The van der Waals surface area contributed by atoms with E-state index in [-0.39, 0.29) is 24.2 Å². The van der Waals surface area contributed by atoms with Crippen molar-refractivity contribution in [1.82, 2.24) is 0 Å². The van der Waals surface area contributed by atoms with E-state index in [1.807, 2.05) is 54.6 Å². The number of hydrogen-bond acceptors (Lipinski definition) is 7. The molecule has 0 fully saturated rings. The lowest BCUT2D eigenvalue weighted by Gasteiger charge is -2.23. The Morgan fingerprint density at radius 1 is 0.956 bits per heavy atom. The highest BCUT2D eigenvalue weighted by Gasteiger charge is 2.32. The summed E-state index contributed by atoms with van der Waals surface area (Å²) in [6.07, 6.45) is 3.91. The lowest BCUT2D eigenvalue weighted by Crippen LogP contribution is -2.20. The zero-order valence-electron chi connectivity index (χ0n) is 24.7. The molecule has 228 valence electrons. The van der Waals surface area contributed by atoms with Crippen molar-refractivity contribution in [1.29, 1.82) is 0 Å². The topological polar surface area (TPSA) is 97.6 Å². The second-order valence-corrected chi connectivity index (χ2v) is 12.9. The molecule has 2 N–H and O–H groups in total. The molecule has 1 aliphatic rings. The fourth-order valence-corrected chi connectivity index (χ4v) is 7.97. The van der Waals surface area contributed by atoms with Crippen molar-refractivity contribution in [2.75, 3.05) is 17.2 Å². The van der Waals surface area contributed by atoms with E-state index in [9.17, 15) is 14.4 Å². The van der Waals surface area contributed by atoms with Gasteiger partial charge in [0.25, 0.3) is 5.91 Å². The third kappa shape index (κ3) is 7.05. The fourth-order valence-electron chi connectivity index (χ4n) is 5.56. The van der Waals surface area contributed by atoms with Gasteiger partial charge >= 0.3 is 5.97 Å². The minimum absolute atomic E-state index is 0.209. The molecule has 0 aliphatic heterocycles. The van der Waals surface area contributed by atoms with Crippen LogP contribution in [-0.4, -0.2) is 24.4 Å². The Balaban J connectivity index is 1.27. The van der Waals surface area contributed by atoms with Gasteiger partial charge in [0.2, 0.25) is 5.91 Å². The molecule has 2 unspecified atom stereocenters. The van der Waals surface area contributed by atoms with E-state index in [2.05, 4.69) is 34.9 Å². The summed E-state index contributed by atoms with van der Waals surface area (Å²) in [5, 5.41) is 5.86. The van der Waals surface area contributed by atoms with Crippen LogP contribution in [0.15, 0.2) is 113 Å². The Bertz CT molecular complexity index is 1780. The van der Waals surface area contributed by atoms with Crippen LogP contribution >= 0.6 is 23.1 Å². The van der Waals surface area contributed by atoms with Crippen LogP contribution in [0.2, 0.25) is 0 Å². The van der Waals surface area contributed by atoms with Gasteiger partial charge in [-0.05, 0) is 79.1 Å². The SMILES string of the molecule is CCOC(=O)c1c(NC(=O)C(Sc2cccc(NC(=O)c3ccco3)c2)c2ccccc2)sc2c1CCC(c1ccccc1)C2. The molecule has 0 spiro atoms. The van der Waals surface area contributed by atoms with Gasteiger partial charge in [0.15, 0.2) is 5.76 Å². The molecule has 0 saturated heterocycles. The molecule has 1 aliphatic carbocycles. The third-order valence-corrected chi connectivity index (χ3v) is 10.1. The Morgan fingerprint density at radius 3 is 2.47 bits per heavy atom.